The Hall–Kier alpha value is -1.19. The first-order chi connectivity index (χ1) is 8.28. The smallest absolute Gasteiger partial charge is 0.0971 e. The van der Waals surface area contributed by atoms with Crippen LogP contribution in [0, 0.1) is 0 Å². The summed E-state index contributed by atoms with van der Waals surface area (Å²) >= 11 is 1.82. The van der Waals surface area contributed by atoms with Crippen LogP contribution in [0.1, 0.15) is 22.4 Å². The molecule has 0 aliphatic heterocycles. The Morgan fingerprint density at radius 2 is 2.06 bits per heavy atom. The van der Waals surface area contributed by atoms with Crippen molar-refractivity contribution in [1.29, 1.82) is 0 Å². The fourth-order valence-electron chi connectivity index (χ4n) is 1.70. The van der Waals surface area contributed by atoms with Crippen LogP contribution in [0.4, 0.5) is 0 Å². The molecule has 1 heterocycles. The van der Waals surface area contributed by atoms with Crippen LogP contribution in [0.2, 0.25) is 0 Å². The van der Waals surface area contributed by atoms with Gasteiger partial charge in [0.15, 0.2) is 0 Å². The molecule has 1 aromatic heterocycles. The van der Waals surface area contributed by atoms with Gasteiger partial charge in [-0.1, -0.05) is 30.3 Å². The lowest BCUT2D eigenvalue weighted by atomic mass is 10.2. The summed E-state index contributed by atoms with van der Waals surface area (Å²) in [5.41, 5.74) is 1.33. The van der Waals surface area contributed by atoms with Crippen LogP contribution in [-0.2, 0) is 12.8 Å². The van der Waals surface area contributed by atoms with E-state index in [1.165, 1.54) is 15.4 Å². The molecule has 1 unspecified atom stereocenters. The summed E-state index contributed by atoms with van der Waals surface area (Å²) < 4.78 is 0. The summed E-state index contributed by atoms with van der Waals surface area (Å²) in [6.45, 7) is 2.19. The second-order valence-electron chi connectivity index (χ2n) is 4.28. The second kappa shape index (κ2) is 5.94. The SMILES string of the molecule is CNC(C)Cc1cnc(Cc2ccccc2)s1. The molecule has 3 heteroatoms. The number of nitrogens with one attached hydrogen (secondary N) is 1. The quantitative estimate of drug-likeness (QED) is 0.877. The van der Waals surface area contributed by atoms with Crippen LogP contribution in [0.15, 0.2) is 36.5 Å². The van der Waals surface area contributed by atoms with Gasteiger partial charge < -0.3 is 5.32 Å². The fraction of sp³-hybridized carbons (Fsp3) is 0.357. The molecular weight excluding hydrogens is 228 g/mol. The Bertz CT molecular complexity index is 450. The molecule has 0 saturated heterocycles. The number of nitrogens with zero attached hydrogens (tertiary/aromatic N) is 1. The lowest BCUT2D eigenvalue weighted by Crippen LogP contribution is -2.22. The van der Waals surface area contributed by atoms with E-state index in [1.807, 2.05) is 30.6 Å². The van der Waals surface area contributed by atoms with Crippen molar-refractivity contribution >= 4 is 11.3 Å². The molecule has 2 aromatic rings. The van der Waals surface area contributed by atoms with Gasteiger partial charge in [-0.15, -0.1) is 11.3 Å². The van der Waals surface area contributed by atoms with Crippen molar-refractivity contribution in [3.8, 4) is 0 Å². The zero-order chi connectivity index (χ0) is 12.1. The first kappa shape index (κ1) is 12.3. The zero-order valence-corrected chi connectivity index (χ0v) is 11.1. The first-order valence-corrected chi connectivity index (χ1v) is 6.74. The maximum atomic E-state index is 4.49. The second-order valence-corrected chi connectivity index (χ2v) is 5.48. The van der Waals surface area contributed by atoms with E-state index in [-0.39, 0.29) is 0 Å². The van der Waals surface area contributed by atoms with E-state index < -0.39 is 0 Å². The predicted molar refractivity (Wildman–Crippen MR) is 73.6 cm³/mol. The Labute approximate surface area is 107 Å². The van der Waals surface area contributed by atoms with Gasteiger partial charge >= 0.3 is 0 Å². The van der Waals surface area contributed by atoms with Crippen molar-refractivity contribution in [2.24, 2.45) is 0 Å². The molecule has 0 aliphatic carbocycles. The summed E-state index contributed by atoms with van der Waals surface area (Å²) in [5, 5.41) is 4.45. The normalized spacial score (nSPS) is 12.6. The molecule has 0 saturated carbocycles. The van der Waals surface area contributed by atoms with E-state index in [4.69, 9.17) is 0 Å². The molecule has 0 amide bonds. The Morgan fingerprint density at radius 3 is 2.76 bits per heavy atom. The molecule has 1 atom stereocenters. The highest BCUT2D eigenvalue weighted by atomic mass is 32.1. The minimum Gasteiger partial charge on any atom is -0.317 e. The van der Waals surface area contributed by atoms with E-state index in [0.717, 1.165) is 12.8 Å². The molecule has 2 rings (SSSR count). The summed E-state index contributed by atoms with van der Waals surface area (Å²) in [7, 11) is 2.00. The minimum atomic E-state index is 0.514. The van der Waals surface area contributed by atoms with Gasteiger partial charge in [-0.3, -0.25) is 0 Å². The number of thiazole rings is 1. The van der Waals surface area contributed by atoms with E-state index >= 15 is 0 Å². The van der Waals surface area contributed by atoms with Crippen LogP contribution >= 0.6 is 11.3 Å². The summed E-state index contributed by atoms with van der Waals surface area (Å²) in [4.78, 5) is 5.85. The van der Waals surface area contributed by atoms with Crippen molar-refractivity contribution in [2.45, 2.75) is 25.8 Å². The predicted octanol–water partition coefficient (Wildman–Crippen LogP) is 2.88. The topological polar surface area (TPSA) is 24.9 Å². The molecule has 17 heavy (non-hydrogen) atoms. The highest BCUT2D eigenvalue weighted by molar-refractivity contribution is 7.11. The van der Waals surface area contributed by atoms with Crippen LogP contribution in [0.25, 0.3) is 0 Å². The van der Waals surface area contributed by atoms with E-state index in [0.29, 0.717) is 6.04 Å². The molecule has 1 N–H and O–H groups in total. The minimum absolute atomic E-state index is 0.514. The zero-order valence-electron chi connectivity index (χ0n) is 10.3. The number of benzene rings is 1. The molecule has 0 radical (unpaired) electrons. The number of likely N-dealkylation sites (N-methyl/N-ethyl adjacent to an activating group) is 1. The average molecular weight is 246 g/mol. The molecule has 2 nitrogen and oxygen atoms in total. The number of rotatable bonds is 5. The summed E-state index contributed by atoms with van der Waals surface area (Å²) in [5.74, 6) is 0. The lowest BCUT2D eigenvalue weighted by molar-refractivity contribution is 0.612. The summed E-state index contributed by atoms with van der Waals surface area (Å²) in [6, 6.07) is 11.0. The van der Waals surface area contributed by atoms with E-state index in [2.05, 4.69) is 41.5 Å². The molecule has 0 fully saturated rings. The highest BCUT2D eigenvalue weighted by Gasteiger charge is 2.06. The molecule has 0 aliphatic rings. The maximum absolute atomic E-state index is 4.49. The largest absolute Gasteiger partial charge is 0.317 e. The third-order valence-corrected chi connectivity index (χ3v) is 3.82. The first-order valence-electron chi connectivity index (χ1n) is 5.92. The fourth-order valence-corrected chi connectivity index (χ4v) is 2.78. The highest BCUT2D eigenvalue weighted by Crippen LogP contribution is 2.18. The van der Waals surface area contributed by atoms with Crippen LogP contribution in [-0.4, -0.2) is 18.1 Å². The van der Waals surface area contributed by atoms with Gasteiger partial charge in [-0.2, -0.15) is 0 Å². The van der Waals surface area contributed by atoms with Gasteiger partial charge in [0.05, 0.1) is 5.01 Å². The van der Waals surface area contributed by atoms with E-state index in [1.54, 1.807) is 0 Å². The maximum Gasteiger partial charge on any atom is 0.0971 e. The third-order valence-electron chi connectivity index (χ3n) is 2.80. The molecular formula is C14H18N2S. The molecule has 0 bridgehead atoms. The number of hydrogen-bond donors (Lipinski definition) is 1. The van der Waals surface area contributed by atoms with Crippen molar-refractivity contribution in [3.05, 3.63) is 52.0 Å². The molecule has 1 aromatic carbocycles. The van der Waals surface area contributed by atoms with Crippen molar-refractivity contribution in [3.63, 3.8) is 0 Å². The molecule has 90 valence electrons. The number of hydrogen-bond acceptors (Lipinski definition) is 3. The van der Waals surface area contributed by atoms with Crippen LogP contribution in [0.3, 0.4) is 0 Å². The van der Waals surface area contributed by atoms with Crippen LogP contribution < -0.4 is 5.32 Å². The van der Waals surface area contributed by atoms with Crippen molar-refractivity contribution in [2.75, 3.05) is 7.05 Å². The Balaban J connectivity index is 1.99. The summed E-state index contributed by atoms with van der Waals surface area (Å²) in [6.07, 6.45) is 4.01. The lowest BCUT2D eigenvalue weighted by Gasteiger charge is -2.06. The standard InChI is InChI=1S/C14H18N2S/c1-11(15-2)8-13-10-16-14(17-13)9-12-6-4-3-5-7-12/h3-7,10-11,15H,8-9H2,1-2H3. The van der Waals surface area contributed by atoms with Crippen LogP contribution in [0.5, 0.6) is 0 Å². The third kappa shape index (κ3) is 3.65. The van der Waals surface area contributed by atoms with Crippen molar-refractivity contribution < 1.29 is 0 Å². The monoisotopic (exact) mass is 246 g/mol. The van der Waals surface area contributed by atoms with Crippen molar-refractivity contribution in [1.82, 2.24) is 10.3 Å². The van der Waals surface area contributed by atoms with Gasteiger partial charge in [0, 0.05) is 23.5 Å². The van der Waals surface area contributed by atoms with Gasteiger partial charge in [-0.05, 0) is 26.0 Å². The molecule has 0 spiro atoms. The average Bonchev–Trinajstić information content (AvgIpc) is 2.77. The van der Waals surface area contributed by atoms with Gasteiger partial charge in [-0.25, -0.2) is 4.98 Å². The van der Waals surface area contributed by atoms with Gasteiger partial charge in [0.25, 0.3) is 0 Å². The van der Waals surface area contributed by atoms with Gasteiger partial charge in [0.2, 0.25) is 0 Å². The number of aromatic nitrogens is 1. The Kier molecular flexibility index (Phi) is 4.29. The van der Waals surface area contributed by atoms with Gasteiger partial charge in [0.1, 0.15) is 0 Å². The Morgan fingerprint density at radius 1 is 1.29 bits per heavy atom. The van der Waals surface area contributed by atoms with E-state index in [9.17, 15) is 0 Å².